The lowest BCUT2D eigenvalue weighted by molar-refractivity contribution is 0.0695. The van der Waals surface area contributed by atoms with Crippen LogP contribution in [0.5, 0.6) is 0 Å². The number of benzene rings is 1. The van der Waals surface area contributed by atoms with Gasteiger partial charge in [0.15, 0.2) is 0 Å². The average Bonchev–Trinajstić information content (AvgIpc) is 2.36. The van der Waals surface area contributed by atoms with Gasteiger partial charge in [0.1, 0.15) is 0 Å². The number of carboxylic acid groups (broad SMARTS) is 1. The fourth-order valence-corrected chi connectivity index (χ4v) is 2.27. The lowest BCUT2D eigenvalue weighted by Gasteiger charge is -2.32. The zero-order valence-electron chi connectivity index (χ0n) is 10.5. The van der Waals surface area contributed by atoms with Crippen molar-refractivity contribution in [2.75, 3.05) is 25.5 Å². The first kappa shape index (κ1) is 12.4. The predicted molar refractivity (Wildman–Crippen MR) is 68.2 cm³/mol. The number of urea groups is 1. The third-order valence-electron chi connectivity index (χ3n) is 3.09. The summed E-state index contributed by atoms with van der Waals surface area (Å²) < 4.78 is 0. The normalized spacial score (nSPS) is 14.0. The topological polar surface area (TPSA) is 60.9 Å². The molecule has 2 amide bonds. The van der Waals surface area contributed by atoms with Crippen LogP contribution in [0.4, 0.5) is 10.5 Å². The Labute approximate surface area is 106 Å². The molecule has 0 unspecified atom stereocenters. The van der Waals surface area contributed by atoms with Crippen molar-refractivity contribution in [2.24, 2.45) is 0 Å². The molecule has 0 bridgehead atoms. The number of rotatable bonds is 1. The maximum atomic E-state index is 12.0. The van der Waals surface area contributed by atoms with E-state index in [0.29, 0.717) is 18.5 Å². The van der Waals surface area contributed by atoms with Crippen LogP contribution in [0.1, 0.15) is 22.3 Å². The Morgan fingerprint density at radius 1 is 1.33 bits per heavy atom. The molecule has 0 fully saturated rings. The van der Waals surface area contributed by atoms with Crippen LogP contribution in [0.2, 0.25) is 0 Å². The van der Waals surface area contributed by atoms with Crippen molar-refractivity contribution in [3.8, 4) is 0 Å². The van der Waals surface area contributed by atoms with Crippen molar-refractivity contribution in [2.45, 2.75) is 12.8 Å². The van der Waals surface area contributed by atoms with E-state index in [1.54, 1.807) is 31.1 Å². The van der Waals surface area contributed by atoms with Crippen LogP contribution >= 0.6 is 0 Å². The van der Waals surface area contributed by atoms with Crippen molar-refractivity contribution in [1.29, 1.82) is 0 Å². The fraction of sp³-hybridized carbons (Fsp3) is 0.385. The van der Waals surface area contributed by atoms with Gasteiger partial charge in [-0.2, -0.15) is 0 Å². The van der Waals surface area contributed by atoms with E-state index in [1.807, 2.05) is 6.07 Å². The first-order valence-corrected chi connectivity index (χ1v) is 5.86. The van der Waals surface area contributed by atoms with Crippen molar-refractivity contribution < 1.29 is 14.7 Å². The summed E-state index contributed by atoms with van der Waals surface area (Å²) in [5, 5.41) is 9.16. The maximum Gasteiger partial charge on any atom is 0.336 e. The molecule has 1 aliphatic rings. The van der Waals surface area contributed by atoms with Crippen molar-refractivity contribution >= 4 is 17.7 Å². The van der Waals surface area contributed by atoms with E-state index in [0.717, 1.165) is 17.7 Å². The molecular formula is C13H16N2O3. The summed E-state index contributed by atoms with van der Waals surface area (Å²) in [6.07, 6.45) is 1.49. The summed E-state index contributed by atoms with van der Waals surface area (Å²) in [5.41, 5.74) is 1.77. The fourth-order valence-electron chi connectivity index (χ4n) is 2.27. The Balaban J connectivity index is 2.48. The molecule has 0 atom stereocenters. The number of carbonyl (C=O) groups excluding carboxylic acids is 1. The van der Waals surface area contributed by atoms with Gasteiger partial charge in [-0.3, -0.25) is 4.90 Å². The number of carboxylic acids is 1. The molecule has 1 aromatic rings. The zero-order valence-corrected chi connectivity index (χ0v) is 10.5. The van der Waals surface area contributed by atoms with Crippen LogP contribution in [-0.4, -0.2) is 42.6 Å². The molecule has 1 N–H and O–H groups in total. The van der Waals surface area contributed by atoms with E-state index >= 15 is 0 Å². The van der Waals surface area contributed by atoms with Gasteiger partial charge < -0.3 is 10.0 Å². The number of hydrogen-bond acceptors (Lipinski definition) is 2. The number of amides is 2. The van der Waals surface area contributed by atoms with Gasteiger partial charge in [0.2, 0.25) is 0 Å². The summed E-state index contributed by atoms with van der Waals surface area (Å²) >= 11 is 0. The summed E-state index contributed by atoms with van der Waals surface area (Å²) in [6, 6.07) is 4.97. The van der Waals surface area contributed by atoms with Crippen LogP contribution in [0.25, 0.3) is 0 Å². The third kappa shape index (κ3) is 2.03. The van der Waals surface area contributed by atoms with Crippen LogP contribution in [0.15, 0.2) is 18.2 Å². The summed E-state index contributed by atoms with van der Waals surface area (Å²) in [7, 11) is 3.38. The molecule has 1 aromatic carbocycles. The maximum absolute atomic E-state index is 12.0. The Morgan fingerprint density at radius 3 is 2.67 bits per heavy atom. The van der Waals surface area contributed by atoms with Crippen molar-refractivity contribution in [3.05, 3.63) is 29.3 Å². The molecular weight excluding hydrogens is 232 g/mol. The molecule has 1 heterocycles. The number of aromatic carboxylic acids is 1. The smallest absolute Gasteiger partial charge is 0.336 e. The second kappa shape index (κ2) is 4.68. The van der Waals surface area contributed by atoms with Gasteiger partial charge in [0.25, 0.3) is 0 Å². The molecule has 5 nitrogen and oxygen atoms in total. The highest BCUT2D eigenvalue weighted by Gasteiger charge is 2.26. The molecule has 0 aromatic heterocycles. The SMILES string of the molecule is CN(C)C(=O)N1CCCc2c(C(=O)O)cccc21. The van der Waals surface area contributed by atoms with Crippen LogP contribution in [0, 0.1) is 0 Å². The van der Waals surface area contributed by atoms with Gasteiger partial charge >= 0.3 is 12.0 Å². The van der Waals surface area contributed by atoms with E-state index in [4.69, 9.17) is 5.11 Å². The summed E-state index contributed by atoms with van der Waals surface area (Å²) in [5.74, 6) is -0.939. The first-order valence-electron chi connectivity index (χ1n) is 5.86. The minimum absolute atomic E-state index is 0.113. The van der Waals surface area contributed by atoms with Gasteiger partial charge in [-0.1, -0.05) is 6.07 Å². The van der Waals surface area contributed by atoms with Gasteiger partial charge in [-0.25, -0.2) is 9.59 Å². The molecule has 1 aliphatic heterocycles. The highest BCUT2D eigenvalue weighted by Crippen LogP contribution is 2.30. The summed E-state index contributed by atoms with van der Waals surface area (Å²) in [6.45, 7) is 0.632. The second-order valence-corrected chi connectivity index (χ2v) is 4.54. The predicted octanol–water partition coefficient (Wildman–Crippen LogP) is 1.82. The minimum Gasteiger partial charge on any atom is -0.478 e. The van der Waals surface area contributed by atoms with E-state index in [2.05, 4.69) is 0 Å². The molecule has 5 heteroatoms. The quantitative estimate of drug-likeness (QED) is 0.824. The Bertz CT molecular complexity index is 497. The lowest BCUT2D eigenvalue weighted by atomic mass is 9.96. The van der Waals surface area contributed by atoms with Gasteiger partial charge in [-0.05, 0) is 30.5 Å². The molecule has 0 spiro atoms. The van der Waals surface area contributed by atoms with E-state index in [1.165, 1.54) is 4.90 Å². The van der Waals surface area contributed by atoms with E-state index in [-0.39, 0.29) is 6.03 Å². The molecule has 0 saturated heterocycles. The molecule has 18 heavy (non-hydrogen) atoms. The van der Waals surface area contributed by atoms with Crippen LogP contribution in [-0.2, 0) is 6.42 Å². The van der Waals surface area contributed by atoms with Gasteiger partial charge in [-0.15, -0.1) is 0 Å². The minimum atomic E-state index is -0.939. The van der Waals surface area contributed by atoms with Crippen molar-refractivity contribution in [3.63, 3.8) is 0 Å². The highest BCUT2D eigenvalue weighted by molar-refractivity contribution is 5.97. The molecule has 2 rings (SSSR count). The number of nitrogens with zero attached hydrogens (tertiary/aromatic N) is 2. The summed E-state index contributed by atoms with van der Waals surface area (Å²) in [4.78, 5) is 26.4. The second-order valence-electron chi connectivity index (χ2n) is 4.54. The van der Waals surface area contributed by atoms with Crippen molar-refractivity contribution in [1.82, 2.24) is 4.90 Å². The Morgan fingerprint density at radius 2 is 2.06 bits per heavy atom. The van der Waals surface area contributed by atoms with Gasteiger partial charge in [0.05, 0.1) is 5.56 Å². The van der Waals surface area contributed by atoms with E-state index in [9.17, 15) is 9.59 Å². The van der Waals surface area contributed by atoms with Crippen LogP contribution in [0.3, 0.4) is 0 Å². The molecule has 0 radical (unpaired) electrons. The Hall–Kier alpha value is -2.04. The molecule has 0 saturated carbocycles. The third-order valence-corrected chi connectivity index (χ3v) is 3.09. The number of anilines is 1. The van der Waals surface area contributed by atoms with Crippen LogP contribution < -0.4 is 4.90 Å². The highest BCUT2D eigenvalue weighted by atomic mass is 16.4. The largest absolute Gasteiger partial charge is 0.478 e. The first-order chi connectivity index (χ1) is 8.52. The van der Waals surface area contributed by atoms with E-state index < -0.39 is 5.97 Å². The lowest BCUT2D eigenvalue weighted by Crippen LogP contribution is -2.42. The molecule has 0 aliphatic carbocycles. The standard InChI is InChI=1S/C13H16N2O3/c1-14(2)13(18)15-8-4-6-9-10(12(16)17)5-3-7-11(9)15/h3,5,7H,4,6,8H2,1-2H3,(H,16,17). The zero-order chi connectivity index (χ0) is 13.3. The Kier molecular flexibility index (Phi) is 3.23. The number of carbonyl (C=O) groups is 2. The monoisotopic (exact) mass is 248 g/mol. The number of hydrogen-bond donors (Lipinski definition) is 1. The molecule has 96 valence electrons. The average molecular weight is 248 g/mol. The van der Waals surface area contributed by atoms with Gasteiger partial charge in [0, 0.05) is 26.3 Å². The number of fused-ring (bicyclic) bond motifs is 1.